The number of nitrogen functional groups attached to an aromatic ring is 1. The third-order valence-corrected chi connectivity index (χ3v) is 6.67. The van der Waals surface area contributed by atoms with Crippen LogP contribution in [0.4, 0.5) is 19.0 Å². The number of pyridine rings is 1. The molecule has 39 heavy (non-hydrogen) atoms. The van der Waals surface area contributed by atoms with Gasteiger partial charge in [-0.15, -0.1) is 0 Å². The molecule has 0 saturated carbocycles. The van der Waals surface area contributed by atoms with Crippen molar-refractivity contribution in [3.63, 3.8) is 0 Å². The van der Waals surface area contributed by atoms with Crippen LogP contribution in [0.25, 0.3) is 22.3 Å². The second-order valence-electron chi connectivity index (χ2n) is 9.39. The lowest BCUT2D eigenvalue weighted by atomic mass is 9.98. The summed E-state index contributed by atoms with van der Waals surface area (Å²) in [5.74, 6) is -1.17. The number of aryl methyl sites for hydroxylation is 1. The van der Waals surface area contributed by atoms with Crippen LogP contribution in [0.3, 0.4) is 0 Å². The molecule has 2 amide bonds. The predicted molar refractivity (Wildman–Crippen MR) is 140 cm³/mol. The molecule has 1 fully saturated rings. The van der Waals surface area contributed by atoms with Gasteiger partial charge in [-0.25, -0.2) is 4.98 Å². The fourth-order valence-electron chi connectivity index (χ4n) is 4.66. The number of aromatic nitrogens is 3. The number of anilines is 1. The van der Waals surface area contributed by atoms with Crippen LogP contribution in [0.2, 0.25) is 0 Å². The summed E-state index contributed by atoms with van der Waals surface area (Å²) < 4.78 is 43.5. The van der Waals surface area contributed by atoms with Gasteiger partial charge in [0.1, 0.15) is 5.82 Å². The van der Waals surface area contributed by atoms with Gasteiger partial charge >= 0.3 is 6.18 Å². The maximum absolute atomic E-state index is 14.0. The molecule has 1 saturated heterocycles. The van der Waals surface area contributed by atoms with Gasteiger partial charge in [0.05, 0.1) is 22.9 Å². The summed E-state index contributed by atoms with van der Waals surface area (Å²) in [5.41, 5.74) is 7.09. The topological polar surface area (TPSA) is 106 Å². The molecule has 1 aliphatic heterocycles. The van der Waals surface area contributed by atoms with Crippen molar-refractivity contribution in [1.29, 1.82) is 0 Å². The number of nitrogens with one attached hydrogen (secondary N) is 1. The minimum absolute atomic E-state index is 0.0411. The van der Waals surface area contributed by atoms with E-state index in [-0.39, 0.29) is 24.5 Å². The van der Waals surface area contributed by atoms with E-state index in [1.165, 1.54) is 17.0 Å². The number of benzene rings is 2. The third kappa shape index (κ3) is 5.47. The summed E-state index contributed by atoms with van der Waals surface area (Å²) in [6.45, 7) is 0.267. The van der Waals surface area contributed by atoms with Crippen molar-refractivity contribution in [2.45, 2.75) is 18.6 Å². The second-order valence-corrected chi connectivity index (χ2v) is 9.39. The van der Waals surface area contributed by atoms with Gasteiger partial charge < -0.3 is 16.0 Å². The minimum atomic E-state index is -4.72. The van der Waals surface area contributed by atoms with E-state index in [9.17, 15) is 22.8 Å². The number of alkyl halides is 3. The van der Waals surface area contributed by atoms with E-state index in [1.54, 1.807) is 66.7 Å². The fraction of sp³-hybridized carbons (Fsp3) is 0.214. The molecule has 2 aromatic carbocycles. The number of nitrogens with zero attached hydrogens (tertiary/aromatic N) is 4. The molecule has 0 aliphatic carbocycles. The molecule has 1 aliphatic rings. The summed E-state index contributed by atoms with van der Waals surface area (Å²) >= 11 is 0. The number of amides is 2. The molecule has 0 bridgehead atoms. The molecule has 8 nitrogen and oxygen atoms in total. The predicted octanol–water partition coefficient (Wildman–Crippen LogP) is 4.39. The zero-order chi connectivity index (χ0) is 27.7. The maximum atomic E-state index is 14.0. The third-order valence-electron chi connectivity index (χ3n) is 6.67. The van der Waals surface area contributed by atoms with Gasteiger partial charge in [-0.1, -0.05) is 36.4 Å². The van der Waals surface area contributed by atoms with E-state index in [1.807, 2.05) is 0 Å². The molecular formula is C28H25F3N6O2. The van der Waals surface area contributed by atoms with Crippen molar-refractivity contribution < 1.29 is 22.8 Å². The molecule has 0 spiro atoms. The van der Waals surface area contributed by atoms with Crippen LogP contribution in [0.5, 0.6) is 0 Å². The monoisotopic (exact) mass is 534 g/mol. The second kappa shape index (κ2) is 10.2. The molecule has 11 heteroatoms. The van der Waals surface area contributed by atoms with Crippen LogP contribution in [0.15, 0.2) is 73.2 Å². The van der Waals surface area contributed by atoms with Gasteiger partial charge in [-0.2, -0.15) is 18.3 Å². The number of halogens is 3. The first-order valence-corrected chi connectivity index (χ1v) is 12.2. The standard InChI is InChI=1S/C28H25F3N6O2/c1-36-15-20(14-34-36)19-11-23(25(32)33-13-19)26(38)35-21-9-10-37(16-21)27(39)22-8-7-18(12-24(22)28(29,30)31)17-5-3-2-4-6-17/h2-8,11-15,21H,9-10,16H2,1H3,(H2,32,33)(H,35,38)/t21-/m1/s1. The molecule has 0 radical (unpaired) electrons. The number of likely N-dealkylation sites (tertiary alicyclic amines) is 1. The largest absolute Gasteiger partial charge is 0.417 e. The van der Waals surface area contributed by atoms with Crippen LogP contribution in [-0.4, -0.2) is 50.6 Å². The molecule has 3 heterocycles. The lowest BCUT2D eigenvalue weighted by Crippen LogP contribution is -2.39. The van der Waals surface area contributed by atoms with E-state index in [4.69, 9.17) is 5.73 Å². The highest BCUT2D eigenvalue weighted by Gasteiger charge is 2.38. The van der Waals surface area contributed by atoms with Gasteiger partial charge in [0.15, 0.2) is 0 Å². The Morgan fingerprint density at radius 3 is 2.44 bits per heavy atom. The highest BCUT2D eigenvalue weighted by molar-refractivity contribution is 6.00. The van der Waals surface area contributed by atoms with Crippen molar-refractivity contribution >= 4 is 17.6 Å². The van der Waals surface area contributed by atoms with Gasteiger partial charge in [-0.3, -0.25) is 14.3 Å². The molecule has 2 aromatic heterocycles. The zero-order valence-electron chi connectivity index (χ0n) is 20.9. The van der Waals surface area contributed by atoms with Crippen molar-refractivity contribution in [2.24, 2.45) is 7.05 Å². The lowest BCUT2D eigenvalue weighted by molar-refractivity contribution is -0.138. The van der Waals surface area contributed by atoms with Crippen LogP contribution in [-0.2, 0) is 13.2 Å². The molecule has 4 aromatic rings. The number of rotatable bonds is 5. The SMILES string of the molecule is Cn1cc(-c2cnc(N)c(C(=O)N[C@@H]3CCN(C(=O)c4ccc(-c5ccccc5)cc4C(F)(F)F)C3)c2)cn1. The highest BCUT2D eigenvalue weighted by atomic mass is 19.4. The van der Waals surface area contributed by atoms with Crippen LogP contribution < -0.4 is 11.1 Å². The summed E-state index contributed by atoms with van der Waals surface area (Å²) in [6, 6.07) is 13.5. The van der Waals surface area contributed by atoms with E-state index in [2.05, 4.69) is 15.4 Å². The smallest absolute Gasteiger partial charge is 0.383 e. The number of nitrogens with two attached hydrogens (primary N) is 1. The fourth-order valence-corrected chi connectivity index (χ4v) is 4.66. The normalized spacial score (nSPS) is 15.4. The Kier molecular flexibility index (Phi) is 6.81. The summed E-state index contributed by atoms with van der Waals surface area (Å²) in [5, 5.41) is 6.95. The number of carbonyl (C=O) groups is 2. The van der Waals surface area contributed by atoms with Crippen LogP contribution in [0, 0.1) is 0 Å². The Bertz CT molecular complexity index is 1530. The lowest BCUT2D eigenvalue weighted by Gasteiger charge is -2.21. The summed E-state index contributed by atoms with van der Waals surface area (Å²) in [7, 11) is 1.77. The highest BCUT2D eigenvalue weighted by Crippen LogP contribution is 2.36. The Morgan fingerprint density at radius 1 is 0.974 bits per heavy atom. The first-order valence-electron chi connectivity index (χ1n) is 12.2. The van der Waals surface area contributed by atoms with Gasteiger partial charge in [-0.05, 0) is 35.7 Å². The molecular weight excluding hydrogens is 509 g/mol. The van der Waals surface area contributed by atoms with E-state index >= 15 is 0 Å². The molecule has 0 unspecified atom stereocenters. The van der Waals surface area contributed by atoms with E-state index in [0.29, 0.717) is 23.1 Å². The minimum Gasteiger partial charge on any atom is -0.383 e. The van der Waals surface area contributed by atoms with Crippen molar-refractivity contribution in [1.82, 2.24) is 25.0 Å². The number of hydrogen-bond acceptors (Lipinski definition) is 5. The van der Waals surface area contributed by atoms with E-state index < -0.39 is 35.2 Å². The molecule has 200 valence electrons. The zero-order valence-corrected chi connectivity index (χ0v) is 20.9. The first kappa shape index (κ1) is 26.0. The number of carbonyl (C=O) groups excluding carboxylic acids is 2. The van der Waals surface area contributed by atoms with E-state index in [0.717, 1.165) is 11.6 Å². The quantitative estimate of drug-likeness (QED) is 0.395. The Balaban J connectivity index is 1.31. The van der Waals surface area contributed by atoms with Crippen LogP contribution in [0.1, 0.15) is 32.7 Å². The Morgan fingerprint density at radius 2 is 1.74 bits per heavy atom. The van der Waals surface area contributed by atoms with Crippen molar-refractivity contribution in [2.75, 3.05) is 18.8 Å². The molecule has 1 atom stereocenters. The van der Waals surface area contributed by atoms with Crippen molar-refractivity contribution in [3.8, 4) is 22.3 Å². The van der Waals surface area contributed by atoms with Crippen LogP contribution >= 0.6 is 0 Å². The van der Waals surface area contributed by atoms with Gasteiger partial charge in [0, 0.05) is 49.7 Å². The molecule has 5 rings (SSSR count). The number of hydrogen-bond donors (Lipinski definition) is 2. The van der Waals surface area contributed by atoms with Crippen molar-refractivity contribution in [3.05, 3.63) is 89.9 Å². The van der Waals surface area contributed by atoms with Gasteiger partial charge in [0.25, 0.3) is 11.8 Å². The summed E-state index contributed by atoms with van der Waals surface area (Å²) in [4.78, 5) is 31.6. The molecule has 3 N–H and O–H groups in total. The Hall–Kier alpha value is -4.67. The Labute approximate surface area is 222 Å². The maximum Gasteiger partial charge on any atom is 0.417 e. The van der Waals surface area contributed by atoms with Gasteiger partial charge in [0.2, 0.25) is 0 Å². The average molecular weight is 535 g/mol. The average Bonchev–Trinajstić information content (AvgIpc) is 3.57. The summed E-state index contributed by atoms with van der Waals surface area (Å²) in [6.07, 6.45) is 0.623. The first-order chi connectivity index (χ1) is 18.6.